The van der Waals surface area contributed by atoms with Gasteiger partial charge in [-0.2, -0.15) is 4.98 Å². The van der Waals surface area contributed by atoms with E-state index in [2.05, 4.69) is 63.9 Å². The maximum absolute atomic E-state index is 4.51. The van der Waals surface area contributed by atoms with E-state index >= 15 is 0 Å². The van der Waals surface area contributed by atoms with Crippen LogP contribution in [0.4, 0.5) is 17.5 Å². The van der Waals surface area contributed by atoms with Gasteiger partial charge in [0.25, 0.3) is 0 Å². The molecule has 24 heavy (non-hydrogen) atoms. The van der Waals surface area contributed by atoms with Crippen molar-refractivity contribution < 1.29 is 0 Å². The molecule has 1 aromatic heterocycles. The van der Waals surface area contributed by atoms with E-state index in [4.69, 9.17) is 0 Å². The number of aromatic nitrogens is 2. The number of hydrogen-bond donors (Lipinski definition) is 2. The normalized spacial score (nSPS) is 10.4. The highest BCUT2D eigenvalue weighted by Crippen LogP contribution is 2.16. The Labute approximate surface area is 143 Å². The highest BCUT2D eigenvalue weighted by Gasteiger charge is 2.00. The molecule has 0 fully saturated rings. The molecule has 0 saturated heterocycles. The Morgan fingerprint density at radius 3 is 2.67 bits per heavy atom. The first-order valence-electron chi connectivity index (χ1n) is 8.24. The van der Waals surface area contributed by atoms with Gasteiger partial charge in [0, 0.05) is 18.4 Å². The molecule has 3 rings (SSSR count). The monoisotopic (exact) mass is 318 g/mol. The van der Waals surface area contributed by atoms with Crippen molar-refractivity contribution in [2.75, 3.05) is 17.2 Å². The van der Waals surface area contributed by atoms with Crippen molar-refractivity contribution in [2.45, 2.75) is 19.8 Å². The summed E-state index contributed by atoms with van der Waals surface area (Å²) in [5, 5.41) is 6.60. The molecule has 0 aliphatic heterocycles. The molecule has 3 aromatic rings. The summed E-state index contributed by atoms with van der Waals surface area (Å²) in [5.74, 6) is 1.45. The molecule has 0 unspecified atom stereocenters. The molecule has 0 bridgehead atoms. The lowest BCUT2D eigenvalue weighted by Crippen LogP contribution is -2.07. The number of rotatable bonds is 7. The van der Waals surface area contributed by atoms with Crippen LogP contribution in [0.5, 0.6) is 0 Å². The van der Waals surface area contributed by atoms with Gasteiger partial charge in [-0.15, -0.1) is 0 Å². The Balaban J connectivity index is 1.51. The molecule has 0 spiro atoms. The van der Waals surface area contributed by atoms with Gasteiger partial charge in [0.15, 0.2) is 0 Å². The van der Waals surface area contributed by atoms with Crippen LogP contribution in [0.25, 0.3) is 0 Å². The molecule has 2 aromatic carbocycles. The third-order valence-electron chi connectivity index (χ3n) is 3.71. The van der Waals surface area contributed by atoms with E-state index in [1.54, 1.807) is 6.20 Å². The molecule has 0 aliphatic carbocycles. The molecule has 1 heterocycles. The van der Waals surface area contributed by atoms with Gasteiger partial charge in [-0.3, -0.25) is 0 Å². The second-order valence-electron chi connectivity index (χ2n) is 5.78. The number of aryl methyl sites for hydroxylation is 2. The summed E-state index contributed by atoms with van der Waals surface area (Å²) < 4.78 is 0. The van der Waals surface area contributed by atoms with E-state index in [1.165, 1.54) is 11.1 Å². The Morgan fingerprint density at radius 2 is 1.83 bits per heavy atom. The number of hydrogen-bond acceptors (Lipinski definition) is 4. The second kappa shape index (κ2) is 8.11. The molecule has 122 valence electrons. The zero-order chi connectivity index (χ0) is 16.6. The molecule has 4 nitrogen and oxygen atoms in total. The van der Waals surface area contributed by atoms with Crippen LogP contribution in [0, 0.1) is 6.92 Å². The van der Waals surface area contributed by atoms with Crippen LogP contribution in [0.1, 0.15) is 17.5 Å². The first-order valence-corrected chi connectivity index (χ1v) is 8.24. The number of anilines is 3. The van der Waals surface area contributed by atoms with Crippen LogP contribution < -0.4 is 10.6 Å². The molecule has 0 amide bonds. The van der Waals surface area contributed by atoms with E-state index in [9.17, 15) is 0 Å². The smallest absolute Gasteiger partial charge is 0.224 e. The lowest BCUT2D eigenvalue weighted by Gasteiger charge is -2.09. The zero-order valence-electron chi connectivity index (χ0n) is 13.9. The standard InChI is InChI=1S/C20H22N4/c1-16-7-5-11-18(15-16)23-19-12-14-22-20(24-19)21-13-6-10-17-8-3-2-4-9-17/h2-5,7-9,11-12,14-15H,6,10,13H2,1H3,(H2,21,22,23,24). The third-order valence-corrected chi connectivity index (χ3v) is 3.71. The summed E-state index contributed by atoms with van der Waals surface area (Å²) in [4.78, 5) is 8.79. The molecule has 0 aliphatic rings. The topological polar surface area (TPSA) is 49.8 Å². The van der Waals surface area contributed by atoms with Crippen molar-refractivity contribution in [3.8, 4) is 0 Å². The minimum Gasteiger partial charge on any atom is -0.354 e. The summed E-state index contributed by atoms with van der Waals surface area (Å²) in [6, 6.07) is 20.6. The van der Waals surface area contributed by atoms with Crippen molar-refractivity contribution >= 4 is 17.5 Å². The van der Waals surface area contributed by atoms with Crippen LogP contribution >= 0.6 is 0 Å². The number of nitrogens with one attached hydrogen (secondary N) is 2. The van der Waals surface area contributed by atoms with Crippen LogP contribution in [0.3, 0.4) is 0 Å². The minimum atomic E-state index is 0.653. The van der Waals surface area contributed by atoms with Gasteiger partial charge in [0.1, 0.15) is 5.82 Å². The quantitative estimate of drug-likeness (QED) is 0.626. The second-order valence-corrected chi connectivity index (χ2v) is 5.78. The largest absolute Gasteiger partial charge is 0.354 e. The van der Waals surface area contributed by atoms with Crippen molar-refractivity contribution in [1.82, 2.24) is 9.97 Å². The van der Waals surface area contributed by atoms with E-state index in [1.807, 2.05) is 24.3 Å². The van der Waals surface area contributed by atoms with Gasteiger partial charge in [-0.1, -0.05) is 42.5 Å². The first kappa shape index (κ1) is 16.0. The van der Waals surface area contributed by atoms with Gasteiger partial charge in [0.05, 0.1) is 0 Å². The van der Waals surface area contributed by atoms with Crippen molar-refractivity contribution in [3.05, 3.63) is 78.0 Å². The van der Waals surface area contributed by atoms with Crippen LogP contribution in [0.2, 0.25) is 0 Å². The van der Waals surface area contributed by atoms with Crippen molar-refractivity contribution in [3.63, 3.8) is 0 Å². The van der Waals surface area contributed by atoms with Gasteiger partial charge in [-0.25, -0.2) is 4.98 Å². The van der Waals surface area contributed by atoms with Gasteiger partial charge in [0.2, 0.25) is 5.95 Å². The van der Waals surface area contributed by atoms with Crippen LogP contribution in [-0.2, 0) is 6.42 Å². The van der Waals surface area contributed by atoms with Gasteiger partial charge < -0.3 is 10.6 Å². The number of nitrogens with zero attached hydrogens (tertiary/aromatic N) is 2. The van der Waals surface area contributed by atoms with Crippen LogP contribution in [-0.4, -0.2) is 16.5 Å². The molecule has 0 saturated carbocycles. The summed E-state index contributed by atoms with van der Waals surface area (Å²) >= 11 is 0. The maximum Gasteiger partial charge on any atom is 0.224 e. The summed E-state index contributed by atoms with van der Waals surface area (Å²) in [5.41, 5.74) is 3.60. The third kappa shape index (κ3) is 4.81. The van der Waals surface area contributed by atoms with E-state index in [-0.39, 0.29) is 0 Å². The first-order chi connectivity index (χ1) is 11.8. The summed E-state index contributed by atoms with van der Waals surface area (Å²) in [6.45, 7) is 2.92. The predicted molar refractivity (Wildman–Crippen MR) is 99.7 cm³/mol. The lowest BCUT2D eigenvalue weighted by molar-refractivity contribution is 0.853. The van der Waals surface area contributed by atoms with Gasteiger partial charge >= 0.3 is 0 Å². The van der Waals surface area contributed by atoms with Crippen molar-refractivity contribution in [2.24, 2.45) is 0 Å². The molecule has 0 atom stereocenters. The van der Waals surface area contributed by atoms with Gasteiger partial charge in [-0.05, 0) is 49.1 Å². The van der Waals surface area contributed by atoms with E-state index in [0.29, 0.717) is 5.95 Å². The Morgan fingerprint density at radius 1 is 0.958 bits per heavy atom. The highest BCUT2D eigenvalue weighted by molar-refractivity contribution is 5.57. The average molecular weight is 318 g/mol. The molecule has 4 heteroatoms. The molecule has 2 N–H and O–H groups in total. The predicted octanol–water partition coefficient (Wildman–Crippen LogP) is 4.57. The highest BCUT2D eigenvalue weighted by atomic mass is 15.1. The molecular formula is C20H22N4. The average Bonchev–Trinajstić information content (AvgIpc) is 2.60. The fraction of sp³-hybridized carbons (Fsp3) is 0.200. The summed E-state index contributed by atoms with van der Waals surface area (Å²) in [6.07, 6.45) is 3.86. The molecule has 0 radical (unpaired) electrons. The Bertz CT molecular complexity index is 771. The Kier molecular flexibility index (Phi) is 5.40. The maximum atomic E-state index is 4.51. The SMILES string of the molecule is Cc1cccc(Nc2ccnc(NCCCc3ccccc3)n2)c1. The number of benzene rings is 2. The van der Waals surface area contributed by atoms with Crippen molar-refractivity contribution in [1.29, 1.82) is 0 Å². The lowest BCUT2D eigenvalue weighted by atomic mass is 10.1. The molecular weight excluding hydrogens is 296 g/mol. The van der Waals surface area contributed by atoms with E-state index in [0.717, 1.165) is 30.9 Å². The summed E-state index contributed by atoms with van der Waals surface area (Å²) in [7, 11) is 0. The minimum absolute atomic E-state index is 0.653. The fourth-order valence-electron chi connectivity index (χ4n) is 2.52. The van der Waals surface area contributed by atoms with E-state index < -0.39 is 0 Å². The Hall–Kier alpha value is -2.88. The fourth-order valence-corrected chi connectivity index (χ4v) is 2.52. The van der Waals surface area contributed by atoms with Crippen LogP contribution in [0.15, 0.2) is 66.9 Å². The zero-order valence-corrected chi connectivity index (χ0v) is 13.9.